The summed E-state index contributed by atoms with van der Waals surface area (Å²) in [7, 11) is 0. The quantitative estimate of drug-likeness (QED) is 0.659. The van der Waals surface area contributed by atoms with E-state index in [1.807, 2.05) is 45.1 Å². The van der Waals surface area contributed by atoms with Gasteiger partial charge in [0.1, 0.15) is 0 Å². The summed E-state index contributed by atoms with van der Waals surface area (Å²) in [6.45, 7) is 5.91. The molecule has 0 radical (unpaired) electrons. The lowest BCUT2D eigenvalue weighted by molar-refractivity contribution is -0.111. The first-order chi connectivity index (χ1) is 8.04. The van der Waals surface area contributed by atoms with Gasteiger partial charge in [0.2, 0.25) is 5.91 Å². The van der Waals surface area contributed by atoms with Gasteiger partial charge >= 0.3 is 0 Å². The zero-order chi connectivity index (χ0) is 12.8. The average Bonchev–Trinajstić information content (AvgIpc) is 2.26. The van der Waals surface area contributed by atoms with Gasteiger partial charge in [-0.05, 0) is 44.0 Å². The molecule has 1 N–H and O–H groups in total. The Morgan fingerprint density at radius 1 is 1.24 bits per heavy atom. The summed E-state index contributed by atoms with van der Waals surface area (Å²) in [5, 5.41) is 2.83. The average molecular weight is 294 g/mol. The van der Waals surface area contributed by atoms with E-state index in [2.05, 4.69) is 21.2 Å². The fourth-order valence-corrected chi connectivity index (χ4v) is 1.68. The number of carbonyl (C=O) groups is 1. The Morgan fingerprint density at radius 3 is 2.35 bits per heavy atom. The van der Waals surface area contributed by atoms with Crippen LogP contribution in [0, 0.1) is 13.8 Å². The second-order valence-corrected chi connectivity index (χ2v) is 4.59. The van der Waals surface area contributed by atoms with Crippen molar-refractivity contribution in [1.82, 2.24) is 0 Å². The zero-order valence-electron chi connectivity index (χ0n) is 10.3. The van der Waals surface area contributed by atoms with Crippen LogP contribution in [0.4, 0.5) is 5.69 Å². The number of hydrogen-bond donors (Lipinski definition) is 1. The minimum Gasteiger partial charge on any atom is -0.322 e. The van der Waals surface area contributed by atoms with Crippen molar-refractivity contribution in [3.8, 4) is 0 Å². The van der Waals surface area contributed by atoms with E-state index in [0.717, 1.165) is 21.3 Å². The summed E-state index contributed by atoms with van der Waals surface area (Å²) in [5.41, 5.74) is 3.04. The molecule has 0 aliphatic carbocycles. The third-order valence-corrected chi connectivity index (χ3v) is 3.51. The topological polar surface area (TPSA) is 29.1 Å². The van der Waals surface area contributed by atoms with Crippen molar-refractivity contribution in [2.45, 2.75) is 20.8 Å². The van der Waals surface area contributed by atoms with Gasteiger partial charge in [0.05, 0.1) is 0 Å². The van der Waals surface area contributed by atoms with Crippen molar-refractivity contribution in [3.63, 3.8) is 0 Å². The molecule has 0 bridgehead atoms. The van der Waals surface area contributed by atoms with Crippen molar-refractivity contribution in [3.05, 3.63) is 52.0 Å². The molecule has 1 rings (SSSR count). The standard InChI is InChI=1S/C14H16BrNO/c1-4-5-6-7-13(17)16-12-8-10(2)14(15)11(3)9-12/h4-9H,1-3H3,(H,16,17). The van der Waals surface area contributed by atoms with Crippen molar-refractivity contribution >= 4 is 27.5 Å². The Balaban J connectivity index is 2.79. The Kier molecular flexibility index (Phi) is 5.16. The van der Waals surface area contributed by atoms with Crippen LogP contribution < -0.4 is 5.32 Å². The minimum absolute atomic E-state index is 0.121. The van der Waals surface area contributed by atoms with Crippen LogP contribution >= 0.6 is 15.9 Å². The number of halogens is 1. The lowest BCUT2D eigenvalue weighted by Gasteiger charge is -2.08. The Labute approximate surface area is 111 Å². The third-order valence-electron chi connectivity index (χ3n) is 2.26. The summed E-state index contributed by atoms with van der Waals surface area (Å²) < 4.78 is 1.08. The largest absolute Gasteiger partial charge is 0.322 e. The van der Waals surface area contributed by atoms with Crippen LogP contribution in [-0.4, -0.2) is 5.91 Å². The smallest absolute Gasteiger partial charge is 0.248 e. The lowest BCUT2D eigenvalue weighted by Crippen LogP contribution is -2.08. The minimum atomic E-state index is -0.121. The SMILES string of the molecule is CC=CC=CC(=O)Nc1cc(C)c(Br)c(C)c1. The van der Waals surface area contributed by atoms with Gasteiger partial charge in [-0.15, -0.1) is 0 Å². The molecule has 3 heteroatoms. The number of anilines is 1. The molecule has 1 amide bonds. The molecule has 0 unspecified atom stereocenters. The number of allylic oxidation sites excluding steroid dienone is 3. The van der Waals surface area contributed by atoms with Crippen LogP contribution in [-0.2, 0) is 4.79 Å². The van der Waals surface area contributed by atoms with Gasteiger partial charge in [-0.1, -0.05) is 34.2 Å². The Bertz CT molecular complexity index is 452. The first kappa shape index (κ1) is 13.7. The highest BCUT2D eigenvalue weighted by atomic mass is 79.9. The van der Waals surface area contributed by atoms with E-state index >= 15 is 0 Å². The monoisotopic (exact) mass is 293 g/mol. The van der Waals surface area contributed by atoms with Crippen molar-refractivity contribution in [1.29, 1.82) is 0 Å². The van der Waals surface area contributed by atoms with Crippen LogP contribution in [0.3, 0.4) is 0 Å². The Hall–Kier alpha value is -1.35. The Morgan fingerprint density at radius 2 is 1.82 bits per heavy atom. The molecule has 0 saturated heterocycles. The summed E-state index contributed by atoms with van der Waals surface area (Å²) in [5.74, 6) is -0.121. The summed E-state index contributed by atoms with van der Waals surface area (Å²) in [6.07, 6.45) is 6.91. The highest BCUT2D eigenvalue weighted by molar-refractivity contribution is 9.10. The number of benzene rings is 1. The molecule has 0 heterocycles. The molecule has 0 aliphatic heterocycles. The number of rotatable bonds is 3. The molecule has 0 fully saturated rings. The first-order valence-corrected chi connectivity index (χ1v) is 6.21. The van der Waals surface area contributed by atoms with Crippen molar-refractivity contribution in [2.24, 2.45) is 0 Å². The third kappa shape index (κ3) is 4.19. The van der Waals surface area contributed by atoms with Crippen LogP contribution in [0.15, 0.2) is 40.9 Å². The fourth-order valence-electron chi connectivity index (χ4n) is 1.46. The van der Waals surface area contributed by atoms with Crippen LogP contribution in [0.5, 0.6) is 0 Å². The molecule has 2 nitrogen and oxygen atoms in total. The predicted molar refractivity (Wildman–Crippen MR) is 76.2 cm³/mol. The van der Waals surface area contributed by atoms with Crippen molar-refractivity contribution in [2.75, 3.05) is 5.32 Å². The summed E-state index contributed by atoms with van der Waals surface area (Å²) in [6, 6.07) is 3.89. The molecule has 0 atom stereocenters. The maximum Gasteiger partial charge on any atom is 0.248 e. The van der Waals surface area contributed by atoms with Gasteiger partial charge in [-0.2, -0.15) is 0 Å². The number of hydrogen-bond acceptors (Lipinski definition) is 1. The van der Waals surface area contributed by atoms with E-state index in [1.54, 1.807) is 6.08 Å². The zero-order valence-corrected chi connectivity index (χ0v) is 11.8. The van der Waals surface area contributed by atoms with Gasteiger partial charge < -0.3 is 5.32 Å². The highest BCUT2D eigenvalue weighted by Crippen LogP contribution is 2.24. The molecule has 17 heavy (non-hydrogen) atoms. The fraction of sp³-hybridized carbons (Fsp3) is 0.214. The molecule has 0 aliphatic rings. The van der Waals surface area contributed by atoms with Gasteiger partial charge in [-0.25, -0.2) is 0 Å². The van der Waals surface area contributed by atoms with E-state index in [9.17, 15) is 4.79 Å². The van der Waals surface area contributed by atoms with Crippen molar-refractivity contribution < 1.29 is 4.79 Å². The molecular formula is C14H16BrNO. The van der Waals surface area contributed by atoms with E-state index in [-0.39, 0.29) is 5.91 Å². The molecule has 90 valence electrons. The molecule has 1 aromatic rings. The van der Waals surface area contributed by atoms with Gasteiger partial charge in [0.25, 0.3) is 0 Å². The van der Waals surface area contributed by atoms with E-state index < -0.39 is 0 Å². The summed E-state index contributed by atoms with van der Waals surface area (Å²) >= 11 is 3.49. The highest BCUT2D eigenvalue weighted by Gasteiger charge is 2.03. The maximum absolute atomic E-state index is 11.6. The predicted octanol–water partition coefficient (Wildman–Crippen LogP) is 4.14. The summed E-state index contributed by atoms with van der Waals surface area (Å²) in [4.78, 5) is 11.6. The van der Waals surface area contributed by atoms with Crippen LogP contribution in [0.2, 0.25) is 0 Å². The second-order valence-electron chi connectivity index (χ2n) is 3.80. The molecular weight excluding hydrogens is 278 g/mol. The first-order valence-electron chi connectivity index (χ1n) is 5.41. The van der Waals surface area contributed by atoms with E-state index in [4.69, 9.17) is 0 Å². The molecule has 0 spiro atoms. The number of carbonyl (C=O) groups excluding carboxylic acids is 1. The normalized spacial score (nSPS) is 11.3. The van der Waals surface area contributed by atoms with Gasteiger partial charge in [0.15, 0.2) is 0 Å². The molecule has 1 aromatic carbocycles. The number of aryl methyl sites for hydroxylation is 2. The number of nitrogens with one attached hydrogen (secondary N) is 1. The van der Waals surface area contributed by atoms with Gasteiger partial charge in [0, 0.05) is 16.2 Å². The second kappa shape index (κ2) is 6.40. The maximum atomic E-state index is 11.6. The lowest BCUT2D eigenvalue weighted by atomic mass is 10.1. The molecule has 0 saturated carbocycles. The molecule has 0 aromatic heterocycles. The van der Waals surface area contributed by atoms with E-state index in [0.29, 0.717) is 0 Å². The number of amides is 1. The van der Waals surface area contributed by atoms with Gasteiger partial charge in [-0.3, -0.25) is 4.79 Å². The van der Waals surface area contributed by atoms with Crippen LogP contribution in [0.25, 0.3) is 0 Å². The van der Waals surface area contributed by atoms with Crippen LogP contribution in [0.1, 0.15) is 18.1 Å². The van der Waals surface area contributed by atoms with E-state index in [1.165, 1.54) is 6.08 Å².